The number of rotatable bonds is 5. The van der Waals surface area contributed by atoms with Gasteiger partial charge in [-0.25, -0.2) is 0 Å². The fourth-order valence-electron chi connectivity index (χ4n) is 6.14. The molecule has 4 bridgehead atoms. The molecule has 1 N–H and O–H groups in total. The first-order chi connectivity index (χ1) is 11.5. The van der Waals surface area contributed by atoms with E-state index in [9.17, 15) is 4.79 Å². The molecule has 1 amide bonds. The minimum Gasteiger partial charge on any atom is -0.365 e. The van der Waals surface area contributed by atoms with E-state index in [0.717, 1.165) is 23.4 Å². The molecule has 0 radical (unpaired) electrons. The topological polar surface area (TPSA) is 32.3 Å². The molecule has 0 saturated heterocycles. The van der Waals surface area contributed by atoms with Gasteiger partial charge in [0.2, 0.25) is 5.91 Å². The lowest BCUT2D eigenvalue weighted by atomic mass is 9.48. The minimum absolute atomic E-state index is 0.157. The molecule has 0 spiro atoms. The average molecular weight is 326 g/mol. The molecule has 1 aromatic rings. The van der Waals surface area contributed by atoms with Crippen molar-refractivity contribution in [1.29, 1.82) is 0 Å². The van der Waals surface area contributed by atoms with Crippen molar-refractivity contribution < 1.29 is 4.79 Å². The van der Waals surface area contributed by atoms with Gasteiger partial charge in [0.1, 0.15) is 0 Å². The maximum Gasteiger partial charge on any atom is 0.239 e. The molecule has 4 aliphatic rings. The van der Waals surface area contributed by atoms with Crippen molar-refractivity contribution in [3.63, 3.8) is 0 Å². The van der Waals surface area contributed by atoms with E-state index in [1.165, 1.54) is 38.5 Å². The van der Waals surface area contributed by atoms with Crippen molar-refractivity contribution >= 4 is 11.6 Å². The molecule has 4 fully saturated rings. The van der Waals surface area contributed by atoms with Crippen LogP contribution in [0.5, 0.6) is 0 Å². The van der Waals surface area contributed by atoms with Crippen molar-refractivity contribution in [3.05, 3.63) is 30.3 Å². The minimum atomic E-state index is 0.157. The summed E-state index contributed by atoms with van der Waals surface area (Å²) in [5, 5.41) is 3.36. The first-order valence-electron chi connectivity index (χ1n) is 9.60. The van der Waals surface area contributed by atoms with E-state index < -0.39 is 0 Å². The molecular formula is C21H30N2O. The number of para-hydroxylation sites is 1. The SMILES string of the molecule is C[C@@H](NC(=O)CN(C)c1ccccc1)C12CC3CC(CC(C3)C1)C2. The molecule has 1 atom stereocenters. The Bertz CT molecular complexity index is 562. The summed E-state index contributed by atoms with van der Waals surface area (Å²) in [4.78, 5) is 14.6. The van der Waals surface area contributed by atoms with Crippen LogP contribution in [0.1, 0.15) is 45.4 Å². The average Bonchev–Trinajstić information content (AvgIpc) is 2.54. The summed E-state index contributed by atoms with van der Waals surface area (Å²) < 4.78 is 0. The zero-order valence-corrected chi connectivity index (χ0v) is 15.0. The number of nitrogens with one attached hydrogen (secondary N) is 1. The maximum absolute atomic E-state index is 12.6. The van der Waals surface area contributed by atoms with Crippen LogP contribution < -0.4 is 10.2 Å². The highest BCUT2D eigenvalue weighted by molar-refractivity contribution is 5.81. The number of hydrogen-bond donors (Lipinski definition) is 1. The van der Waals surface area contributed by atoms with Gasteiger partial charge in [0, 0.05) is 18.8 Å². The third-order valence-corrected chi connectivity index (χ3v) is 6.96. The zero-order chi connectivity index (χ0) is 16.7. The Morgan fingerprint density at radius 1 is 1.12 bits per heavy atom. The first-order valence-corrected chi connectivity index (χ1v) is 9.60. The number of anilines is 1. The maximum atomic E-state index is 12.6. The summed E-state index contributed by atoms with van der Waals surface area (Å²) in [6.07, 6.45) is 8.39. The Hall–Kier alpha value is -1.51. The van der Waals surface area contributed by atoms with Gasteiger partial charge in [-0.05, 0) is 80.8 Å². The highest BCUT2D eigenvalue weighted by Crippen LogP contribution is 2.61. The predicted octanol–water partition coefficient (Wildman–Crippen LogP) is 3.84. The molecule has 24 heavy (non-hydrogen) atoms. The van der Waals surface area contributed by atoms with Gasteiger partial charge in [0.25, 0.3) is 0 Å². The summed E-state index contributed by atoms with van der Waals surface area (Å²) >= 11 is 0. The molecular weight excluding hydrogens is 296 g/mol. The van der Waals surface area contributed by atoms with Crippen LogP contribution in [0, 0.1) is 23.2 Å². The third-order valence-electron chi connectivity index (χ3n) is 6.96. The van der Waals surface area contributed by atoms with Crippen molar-refractivity contribution in [1.82, 2.24) is 5.32 Å². The zero-order valence-electron chi connectivity index (χ0n) is 15.0. The van der Waals surface area contributed by atoms with Gasteiger partial charge < -0.3 is 10.2 Å². The van der Waals surface area contributed by atoms with Crippen LogP contribution in [-0.2, 0) is 4.79 Å². The predicted molar refractivity (Wildman–Crippen MR) is 97.9 cm³/mol. The number of likely N-dealkylation sites (N-methyl/N-ethyl adjacent to an activating group) is 1. The quantitative estimate of drug-likeness (QED) is 0.891. The Morgan fingerprint density at radius 3 is 2.21 bits per heavy atom. The monoisotopic (exact) mass is 326 g/mol. The summed E-state index contributed by atoms with van der Waals surface area (Å²) in [6.45, 7) is 2.69. The fraction of sp³-hybridized carbons (Fsp3) is 0.667. The molecule has 3 heteroatoms. The van der Waals surface area contributed by atoms with Crippen LogP contribution in [0.15, 0.2) is 30.3 Å². The molecule has 0 unspecified atom stereocenters. The second kappa shape index (κ2) is 6.09. The third kappa shape index (κ3) is 2.94. The number of carbonyl (C=O) groups is 1. The van der Waals surface area contributed by atoms with Crippen molar-refractivity contribution in [2.75, 3.05) is 18.5 Å². The molecule has 3 nitrogen and oxygen atoms in total. The number of nitrogens with zero attached hydrogens (tertiary/aromatic N) is 1. The number of hydrogen-bond acceptors (Lipinski definition) is 2. The van der Waals surface area contributed by atoms with Gasteiger partial charge in [0.15, 0.2) is 0 Å². The van der Waals surface area contributed by atoms with Crippen molar-refractivity contribution in [2.45, 2.75) is 51.5 Å². The molecule has 1 aromatic carbocycles. The molecule has 130 valence electrons. The summed E-state index contributed by atoms with van der Waals surface area (Å²) in [5.41, 5.74) is 1.48. The Labute approximate surface area is 145 Å². The summed E-state index contributed by atoms with van der Waals surface area (Å²) in [7, 11) is 1.99. The Kier molecular flexibility index (Phi) is 4.06. The van der Waals surface area contributed by atoms with Gasteiger partial charge >= 0.3 is 0 Å². The van der Waals surface area contributed by atoms with Crippen LogP contribution in [0.3, 0.4) is 0 Å². The second-order valence-corrected chi connectivity index (χ2v) is 8.76. The smallest absolute Gasteiger partial charge is 0.239 e. The lowest BCUT2D eigenvalue weighted by Crippen LogP contribution is -2.56. The Balaban J connectivity index is 1.37. The lowest BCUT2D eigenvalue weighted by Gasteiger charge is -2.59. The largest absolute Gasteiger partial charge is 0.365 e. The van der Waals surface area contributed by atoms with E-state index in [0.29, 0.717) is 18.0 Å². The molecule has 0 heterocycles. The van der Waals surface area contributed by atoms with Gasteiger partial charge in [-0.15, -0.1) is 0 Å². The lowest BCUT2D eigenvalue weighted by molar-refractivity contribution is -0.124. The highest BCUT2D eigenvalue weighted by Gasteiger charge is 2.53. The van der Waals surface area contributed by atoms with Crippen LogP contribution in [-0.4, -0.2) is 25.5 Å². The standard InChI is InChI=1S/C21H30N2O/c1-15(21-11-16-8-17(12-21)10-18(9-16)13-21)22-20(24)14-23(2)19-6-4-3-5-7-19/h3-7,15-18H,8-14H2,1-2H3,(H,22,24)/t15-,16?,17?,18?,21?/m1/s1. The Morgan fingerprint density at radius 2 is 1.67 bits per heavy atom. The van der Waals surface area contributed by atoms with E-state index in [1.807, 2.05) is 30.1 Å². The molecule has 4 saturated carbocycles. The second-order valence-electron chi connectivity index (χ2n) is 8.76. The molecule has 0 aromatic heterocycles. The molecule has 0 aliphatic heterocycles. The molecule has 5 rings (SSSR count). The van der Waals surface area contributed by atoms with Crippen molar-refractivity contribution in [3.8, 4) is 0 Å². The van der Waals surface area contributed by atoms with E-state index in [1.54, 1.807) is 0 Å². The fourth-order valence-corrected chi connectivity index (χ4v) is 6.14. The number of amides is 1. The van der Waals surface area contributed by atoms with E-state index in [-0.39, 0.29) is 5.91 Å². The highest BCUT2D eigenvalue weighted by atomic mass is 16.2. The number of benzene rings is 1. The molecule has 4 aliphatic carbocycles. The van der Waals surface area contributed by atoms with E-state index in [4.69, 9.17) is 0 Å². The van der Waals surface area contributed by atoms with Crippen LogP contribution in [0.4, 0.5) is 5.69 Å². The first kappa shape index (κ1) is 16.0. The van der Waals surface area contributed by atoms with E-state index >= 15 is 0 Å². The van der Waals surface area contributed by atoms with Gasteiger partial charge in [-0.1, -0.05) is 18.2 Å². The van der Waals surface area contributed by atoms with Crippen LogP contribution >= 0.6 is 0 Å². The van der Waals surface area contributed by atoms with Crippen molar-refractivity contribution in [2.24, 2.45) is 23.2 Å². The van der Waals surface area contributed by atoms with E-state index in [2.05, 4.69) is 24.4 Å². The summed E-state index contributed by atoms with van der Waals surface area (Å²) in [5.74, 6) is 2.96. The normalized spacial score (nSPS) is 34.8. The van der Waals surface area contributed by atoms with Gasteiger partial charge in [0.05, 0.1) is 6.54 Å². The van der Waals surface area contributed by atoms with Crippen LogP contribution in [0.2, 0.25) is 0 Å². The van der Waals surface area contributed by atoms with Gasteiger partial charge in [-0.3, -0.25) is 4.79 Å². The summed E-state index contributed by atoms with van der Waals surface area (Å²) in [6, 6.07) is 10.4. The van der Waals surface area contributed by atoms with Crippen LogP contribution in [0.25, 0.3) is 0 Å². The number of carbonyl (C=O) groups excluding carboxylic acids is 1. The van der Waals surface area contributed by atoms with Gasteiger partial charge in [-0.2, -0.15) is 0 Å².